The molecule has 2 N–H and O–H groups in total. The monoisotopic (exact) mass is 345 g/mol. The van der Waals surface area contributed by atoms with Crippen molar-refractivity contribution < 1.29 is 4.79 Å². The lowest BCUT2D eigenvalue weighted by Crippen LogP contribution is -2.15. The molecule has 1 amide bonds. The first-order valence-electron chi connectivity index (χ1n) is 6.21. The van der Waals surface area contributed by atoms with E-state index >= 15 is 0 Å². The number of carbonyl (C=O) groups excluding carboxylic acids is 1. The summed E-state index contributed by atoms with van der Waals surface area (Å²) in [5, 5.41) is 14.7. The van der Waals surface area contributed by atoms with Crippen LogP contribution in [-0.2, 0) is 0 Å². The number of hydrogen-bond acceptors (Lipinski definition) is 5. The van der Waals surface area contributed by atoms with Crippen LogP contribution in [0.15, 0.2) is 35.1 Å². The van der Waals surface area contributed by atoms with E-state index in [1.807, 2.05) is 13.0 Å². The SMILES string of the molecule is CCNc1cnc(C(=O)Nc2cc(Br)ccc2C#N)cn1. The zero-order valence-electron chi connectivity index (χ0n) is 11.2. The number of amides is 1. The zero-order chi connectivity index (χ0) is 15.2. The summed E-state index contributed by atoms with van der Waals surface area (Å²) in [5.41, 5.74) is 0.985. The first kappa shape index (κ1) is 14.9. The highest BCUT2D eigenvalue weighted by atomic mass is 79.9. The molecule has 0 saturated heterocycles. The van der Waals surface area contributed by atoms with Crippen LogP contribution in [0, 0.1) is 11.3 Å². The maximum Gasteiger partial charge on any atom is 0.275 e. The van der Waals surface area contributed by atoms with Crippen LogP contribution in [0.25, 0.3) is 0 Å². The Morgan fingerprint density at radius 1 is 1.38 bits per heavy atom. The largest absolute Gasteiger partial charge is 0.369 e. The predicted octanol–water partition coefficient (Wildman–Crippen LogP) is 2.79. The summed E-state index contributed by atoms with van der Waals surface area (Å²) in [6.45, 7) is 2.67. The molecule has 0 saturated carbocycles. The average Bonchev–Trinajstić information content (AvgIpc) is 2.48. The van der Waals surface area contributed by atoms with Crippen LogP contribution >= 0.6 is 15.9 Å². The Balaban J connectivity index is 2.18. The Morgan fingerprint density at radius 3 is 2.81 bits per heavy atom. The third-order valence-corrected chi connectivity index (χ3v) is 3.09. The summed E-state index contributed by atoms with van der Waals surface area (Å²) in [5.74, 6) is 0.189. The second-order valence-corrected chi connectivity index (χ2v) is 4.99. The Bertz CT molecular complexity index is 694. The van der Waals surface area contributed by atoms with Crippen LogP contribution in [0.2, 0.25) is 0 Å². The zero-order valence-corrected chi connectivity index (χ0v) is 12.8. The maximum absolute atomic E-state index is 12.1. The third-order valence-electron chi connectivity index (χ3n) is 2.59. The summed E-state index contributed by atoms with van der Waals surface area (Å²) in [7, 11) is 0. The molecular weight excluding hydrogens is 334 g/mol. The third kappa shape index (κ3) is 3.77. The number of rotatable bonds is 4. The van der Waals surface area contributed by atoms with Gasteiger partial charge in [-0.15, -0.1) is 0 Å². The van der Waals surface area contributed by atoms with E-state index < -0.39 is 5.91 Å². The summed E-state index contributed by atoms with van der Waals surface area (Å²) in [4.78, 5) is 20.2. The lowest BCUT2D eigenvalue weighted by atomic mass is 10.2. The number of benzene rings is 1. The van der Waals surface area contributed by atoms with Crippen molar-refractivity contribution in [2.24, 2.45) is 0 Å². The van der Waals surface area contributed by atoms with E-state index in [2.05, 4.69) is 36.5 Å². The fraction of sp³-hybridized carbons (Fsp3) is 0.143. The predicted molar refractivity (Wildman–Crippen MR) is 83.0 cm³/mol. The van der Waals surface area contributed by atoms with Crippen molar-refractivity contribution in [2.45, 2.75) is 6.92 Å². The molecule has 6 nitrogen and oxygen atoms in total. The van der Waals surface area contributed by atoms with E-state index in [1.165, 1.54) is 12.4 Å². The van der Waals surface area contributed by atoms with Gasteiger partial charge in [0.05, 0.1) is 23.6 Å². The van der Waals surface area contributed by atoms with Gasteiger partial charge in [-0.3, -0.25) is 4.79 Å². The molecule has 0 radical (unpaired) electrons. The number of aromatic nitrogens is 2. The molecule has 1 aromatic carbocycles. The molecule has 0 aliphatic heterocycles. The van der Waals surface area contributed by atoms with Gasteiger partial charge in [0.15, 0.2) is 0 Å². The van der Waals surface area contributed by atoms with Gasteiger partial charge in [-0.05, 0) is 25.1 Å². The van der Waals surface area contributed by atoms with E-state index in [0.717, 1.165) is 11.0 Å². The molecule has 0 unspecified atom stereocenters. The van der Waals surface area contributed by atoms with Gasteiger partial charge in [0.25, 0.3) is 5.91 Å². The van der Waals surface area contributed by atoms with Crippen LogP contribution in [0.5, 0.6) is 0 Å². The highest BCUT2D eigenvalue weighted by molar-refractivity contribution is 9.10. The van der Waals surface area contributed by atoms with E-state index in [-0.39, 0.29) is 5.69 Å². The number of anilines is 2. The van der Waals surface area contributed by atoms with E-state index in [0.29, 0.717) is 17.1 Å². The Kier molecular flexibility index (Phi) is 4.85. The van der Waals surface area contributed by atoms with Gasteiger partial charge in [-0.2, -0.15) is 5.26 Å². The van der Waals surface area contributed by atoms with Crippen LogP contribution in [0.3, 0.4) is 0 Å². The normalized spacial score (nSPS) is 9.76. The number of hydrogen-bond donors (Lipinski definition) is 2. The highest BCUT2D eigenvalue weighted by Crippen LogP contribution is 2.21. The molecule has 106 valence electrons. The lowest BCUT2D eigenvalue weighted by Gasteiger charge is -2.07. The number of nitriles is 1. The molecule has 0 atom stereocenters. The Morgan fingerprint density at radius 2 is 2.19 bits per heavy atom. The quantitative estimate of drug-likeness (QED) is 0.888. The Labute approximate surface area is 130 Å². The molecule has 0 fully saturated rings. The van der Waals surface area contributed by atoms with Gasteiger partial charge in [-0.25, -0.2) is 9.97 Å². The van der Waals surface area contributed by atoms with E-state index in [4.69, 9.17) is 5.26 Å². The van der Waals surface area contributed by atoms with Crippen molar-refractivity contribution in [3.05, 3.63) is 46.3 Å². The molecule has 1 heterocycles. The number of carbonyl (C=O) groups is 1. The minimum absolute atomic E-state index is 0.181. The number of halogens is 1. The van der Waals surface area contributed by atoms with Gasteiger partial charge in [0.2, 0.25) is 0 Å². The molecule has 21 heavy (non-hydrogen) atoms. The summed E-state index contributed by atoms with van der Waals surface area (Å²) in [6, 6.07) is 7.05. The van der Waals surface area contributed by atoms with Crippen molar-refractivity contribution in [1.82, 2.24) is 9.97 Å². The summed E-state index contributed by atoms with van der Waals surface area (Å²) >= 11 is 3.30. The minimum Gasteiger partial charge on any atom is -0.369 e. The number of nitrogens with zero attached hydrogens (tertiary/aromatic N) is 3. The summed E-state index contributed by atoms with van der Waals surface area (Å²) in [6.07, 6.45) is 2.88. The van der Waals surface area contributed by atoms with Gasteiger partial charge < -0.3 is 10.6 Å². The first-order chi connectivity index (χ1) is 10.1. The fourth-order valence-electron chi connectivity index (χ4n) is 1.62. The lowest BCUT2D eigenvalue weighted by molar-refractivity contribution is 0.102. The molecular formula is C14H12BrN5O. The van der Waals surface area contributed by atoms with Gasteiger partial charge in [0.1, 0.15) is 17.6 Å². The van der Waals surface area contributed by atoms with Gasteiger partial charge in [0, 0.05) is 11.0 Å². The van der Waals surface area contributed by atoms with E-state index in [1.54, 1.807) is 18.2 Å². The molecule has 0 aliphatic rings. The molecule has 0 bridgehead atoms. The van der Waals surface area contributed by atoms with Crippen LogP contribution in [0.1, 0.15) is 23.0 Å². The van der Waals surface area contributed by atoms with Crippen molar-refractivity contribution >= 4 is 33.3 Å². The molecule has 7 heteroatoms. The number of nitrogens with one attached hydrogen (secondary N) is 2. The molecule has 2 aromatic rings. The average molecular weight is 346 g/mol. The molecule has 0 spiro atoms. The van der Waals surface area contributed by atoms with Crippen molar-refractivity contribution in [1.29, 1.82) is 5.26 Å². The van der Waals surface area contributed by atoms with Crippen LogP contribution in [-0.4, -0.2) is 22.4 Å². The van der Waals surface area contributed by atoms with Crippen LogP contribution < -0.4 is 10.6 Å². The van der Waals surface area contributed by atoms with Crippen molar-refractivity contribution in [2.75, 3.05) is 17.2 Å². The van der Waals surface area contributed by atoms with Crippen molar-refractivity contribution in [3.8, 4) is 6.07 Å². The maximum atomic E-state index is 12.1. The van der Waals surface area contributed by atoms with Crippen LogP contribution in [0.4, 0.5) is 11.5 Å². The second-order valence-electron chi connectivity index (χ2n) is 4.07. The molecule has 2 rings (SSSR count). The van der Waals surface area contributed by atoms with Gasteiger partial charge >= 0.3 is 0 Å². The first-order valence-corrected chi connectivity index (χ1v) is 7.00. The Hall–Kier alpha value is -2.46. The fourth-order valence-corrected chi connectivity index (χ4v) is 1.98. The smallest absolute Gasteiger partial charge is 0.275 e. The second kappa shape index (κ2) is 6.81. The topological polar surface area (TPSA) is 90.7 Å². The molecule has 0 aliphatic carbocycles. The molecule has 1 aromatic heterocycles. The summed E-state index contributed by atoms with van der Waals surface area (Å²) < 4.78 is 0.769. The van der Waals surface area contributed by atoms with E-state index in [9.17, 15) is 4.79 Å². The van der Waals surface area contributed by atoms with Gasteiger partial charge in [-0.1, -0.05) is 15.9 Å². The highest BCUT2D eigenvalue weighted by Gasteiger charge is 2.11. The standard InChI is InChI=1S/C14H12BrN5O/c1-2-17-13-8-18-12(7-19-13)14(21)20-11-5-10(15)4-3-9(11)6-16/h3-5,7-8H,2H2,1H3,(H,17,19)(H,20,21). The minimum atomic E-state index is -0.417. The van der Waals surface area contributed by atoms with Crippen molar-refractivity contribution in [3.63, 3.8) is 0 Å².